The molecule has 7 heteroatoms. The van der Waals surface area contributed by atoms with Gasteiger partial charge < -0.3 is 14.4 Å². The van der Waals surface area contributed by atoms with Gasteiger partial charge in [0.1, 0.15) is 5.75 Å². The third-order valence-electron chi connectivity index (χ3n) is 5.14. The number of hydrogen-bond acceptors (Lipinski definition) is 5. The van der Waals surface area contributed by atoms with Crippen LogP contribution in [0.1, 0.15) is 16.8 Å². The highest BCUT2D eigenvalue weighted by Gasteiger charge is 2.41. The standard InChI is InChI=1S/C21H20N2O5/c1-27-18-4-2-3-16(11-18)14-5-7-15(8-6-14)20(25)22-10-9-17(12-22)23-19(24)13-28-21(23)26/h2-8,11,17H,9-10,12-13H2,1H3. The van der Waals surface area contributed by atoms with Gasteiger partial charge in [-0.05, 0) is 41.8 Å². The van der Waals surface area contributed by atoms with Gasteiger partial charge in [-0.25, -0.2) is 9.69 Å². The average molecular weight is 380 g/mol. The molecule has 2 aromatic rings. The molecule has 0 saturated carbocycles. The van der Waals surface area contributed by atoms with E-state index in [1.165, 1.54) is 0 Å². The van der Waals surface area contributed by atoms with Crippen LogP contribution in [0.2, 0.25) is 0 Å². The Balaban J connectivity index is 1.45. The molecule has 144 valence electrons. The first-order valence-electron chi connectivity index (χ1n) is 9.09. The predicted molar refractivity (Wildman–Crippen MR) is 101 cm³/mol. The summed E-state index contributed by atoms with van der Waals surface area (Å²) in [4.78, 5) is 39.1. The van der Waals surface area contributed by atoms with E-state index >= 15 is 0 Å². The number of hydrogen-bond donors (Lipinski definition) is 0. The van der Waals surface area contributed by atoms with E-state index in [0.717, 1.165) is 21.8 Å². The quantitative estimate of drug-likeness (QED) is 0.815. The van der Waals surface area contributed by atoms with Crippen molar-refractivity contribution in [2.45, 2.75) is 12.5 Å². The Bertz CT molecular complexity index is 909. The number of cyclic esters (lactones) is 1. The Kier molecular flexibility index (Phi) is 4.73. The van der Waals surface area contributed by atoms with Crippen LogP contribution in [0.3, 0.4) is 0 Å². The zero-order valence-corrected chi connectivity index (χ0v) is 15.5. The van der Waals surface area contributed by atoms with Gasteiger partial charge >= 0.3 is 6.09 Å². The minimum Gasteiger partial charge on any atom is -0.497 e. The molecule has 0 aromatic heterocycles. The van der Waals surface area contributed by atoms with Gasteiger partial charge in [0.05, 0.1) is 13.2 Å². The first kappa shape index (κ1) is 18.0. The number of imide groups is 1. The van der Waals surface area contributed by atoms with Crippen LogP contribution in [0.15, 0.2) is 48.5 Å². The van der Waals surface area contributed by atoms with E-state index in [2.05, 4.69) is 0 Å². The van der Waals surface area contributed by atoms with Crippen molar-refractivity contribution in [3.63, 3.8) is 0 Å². The number of benzene rings is 2. The largest absolute Gasteiger partial charge is 0.497 e. The van der Waals surface area contributed by atoms with Gasteiger partial charge in [0.25, 0.3) is 11.8 Å². The SMILES string of the molecule is COc1cccc(-c2ccc(C(=O)N3CCC(N4C(=O)COC4=O)C3)cc2)c1. The number of carbonyl (C=O) groups is 3. The van der Waals surface area contributed by atoms with Crippen LogP contribution in [0.5, 0.6) is 5.75 Å². The van der Waals surface area contributed by atoms with Crippen molar-refractivity contribution in [2.75, 3.05) is 26.8 Å². The van der Waals surface area contributed by atoms with Gasteiger partial charge in [-0.3, -0.25) is 9.59 Å². The third-order valence-corrected chi connectivity index (χ3v) is 5.14. The van der Waals surface area contributed by atoms with Crippen molar-refractivity contribution in [2.24, 2.45) is 0 Å². The molecule has 2 heterocycles. The van der Waals surface area contributed by atoms with Crippen molar-refractivity contribution in [3.8, 4) is 16.9 Å². The smallest absolute Gasteiger partial charge is 0.417 e. The molecule has 1 unspecified atom stereocenters. The normalized spacial score (nSPS) is 19.1. The van der Waals surface area contributed by atoms with Crippen LogP contribution in [0, 0.1) is 0 Å². The number of nitrogens with zero attached hydrogens (tertiary/aromatic N) is 2. The fraction of sp³-hybridized carbons (Fsp3) is 0.286. The van der Waals surface area contributed by atoms with Crippen LogP contribution < -0.4 is 4.74 Å². The van der Waals surface area contributed by atoms with Crippen LogP contribution >= 0.6 is 0 Å². The summed E-state index contributed by atoms with van der Waals surface area (Å²) >= 11 is 0. The van der Waals surface area contributed by atoms with E-state index in [0.29, 0.717) is 25.1 Å². The summed E-state index contributed by atoms with van der Waals surface area (Å²) in [6, 6.07) is 14.8. The summed E-state index contributed by atoms with van der Waals surface area (Å²) in [5.41, 5.74) is 2.56. The van der Waals surface area contributed by atoms with Crippen molar-refractivity contribution in [3.05, 3.63) is 54.1 Å². The summed E-state index contributed by atoms with van der Waals surface area (Å²) in [6.45, 7) is 0.616. The lowest BCUT2D eigenvalue weighted by Crippen LogP contribution is -2.42. The lowest BCUT2D eigenvalue weighted by Gasteiger charge is -2.20. The zero-order valence-electron chi connectivity index (χ0n) is 15.5. The summed E-state index contributed by atoms with van der Waals surface area (Å²) in [7, 11) is 1.62. The van der Waals surface area contributed by atoms with Gasteiger partial charge in [0.2, 0.25) is 0 Å². The second kappa shape index (κ2) is 7.34. The molecule has 1 atom stereocenters. The Labute approximate surface area is 162 Å². The van der Waals surface area contributed by atoms with Crippen molar-refractivity contribution >= 4 is 17.9 Å². The third kappa shape index (κ3) is 3.31. The lowest BCUT2D eigenvalue weighted by atomic mass is 10.0. The fourth-order valence-electron chi connectivity index (χ4n) is 3.64. The highest BCUT2D eigenvalue weighted by Crippen LogP contribution is 2.25. The average Bonchev–Trinajstić information content (AvgIpc) is 3.34. The zero-order chi connectivity index (χ0) is 19.7. The molecule has 2 fully saturated rings. The van der Waals surface area contributed by atoms with Crippen LogP contribution in [0.4, 0.5) is 4.79 Å². The Morgan fingerprint density at radius 2 is 1.89 bits per heavy atom. The number of rotatable bonds is 4. The molecule has 2 aliphatic rings. The molecule has 0 N–H and O–H groups in total. The molecule has 28 heavy (non-hydrogen) atoms. The molecular weight excluding hydrogens is 360 g/mol. The molecular formula is C21H20N2O5. The Morgan fingerprint density at radius 3 is 2.57 bits per heavy atom. The summed E-state index contributed by atoms with van der Waals surface area (Å²) < 4.78 is 10.0. The topological polar surface area (TPSA) is 76.2 Å². The van der Waals surface area contributed by atoms with E-state index in [-0.39, 0.29) is 24.5 Å². The predicted octanol–water partition coefficient (Wildman–Crippen LogP) is 2.56. The molecule has 3 amide bonds. The van der Waals surface area contributed by atoms with E-state index in [4.69, 9.17) is 9.47 Å². The molecule has 0 bridgehead atoms. The molecule has 7 nitrogen and oxygen atoms in total. The van der Waals surface area contributed by atoms with Crippen LogP contribution in [-0.2, 0) is 9.53 Å². The number of amides is 3. The maximum Gasteiger partial charge on any atom is 0.417 e. The molecule has 2 aromatic carbocycles. The molecule has 4 rings (SSSR count). The van der Waals surface area contributed by atoms with Gasteiger partial charge in [-0.2, -0.15) is 0 Å². The number of ether oxygens (including phenoxy) is 2. The highest BCUT2D eigenvalue weighted by atomic mass is 16.6. The maximum atomic E-state index is 12.8. The molecule has 2 saturated heterocycles. The van der Waals surface area contributed by atoms with E-state index < -0.39 is 6.09 Å². The fourth-order valence-corrected chi connectivity index (χ4v) is 3.64. The second-order valence-electron chi connectivity index (χ2n) is 6.82. The Hall–Kier alpha value is -3.35. The van der Waals surface area contributed by atoms with Crippen LogP contribution in [-0.4, -0.2) is 60.6 Å². The number of likely N-dealkylation sites (tertiary alicyclic amines) is 1. The minimum atomic E-state index is -0.619. The first-order valence-corrected chi connectivity index (χ1v) is 9.09. The van der Waals surface area contributed by atoms with E-state index in [1.54, 1.807) is 24.1 Å². The Morgan fingerprint density at radius 1 is 1.11 bits per heavy atom. The van der Waals surface area contributed by atoms with Crippen molar-refractivity contribution < 1.29 is 23.9 Å². The molecule has 0 radical (unpaired) electrons. The lowest BCUT2D eigenvalue weighted by molar-refractivity contribution is -0.127. The van der Waals surface area contributed by atoms with Gasteiger partial charge in [-0.1, -0.05) is 24.3 Å². The van der Waals surface area contributed by atoms with Gasteiger partial charge in [-0.15, -0.1) is 0 Å². The van der Waals surface area contributed by atoms with Crippen LogP contribution in [0.25, 0.3) is 11.1 Å². The van der Waals surface area contributed by atoms with Gasteiger partial charge in [0.15, 0.2) is 6.61 Å². The number of methoxy groups -OCH3 is 1. The second-order valence-corrected chi connectivity index (χ2v) is 6.82. The molecule has 0 spiro atoms. The van der Waals surface area contributed by atoms with E-state index in [9.17, 15) is 14.4 Å². The molecule has 0 aliphatic carbocycles. The van der Waals surface area contributed by atoms with Gasteiger partial charge in [0, 0.05) is 18.7 Å². The first-order chi connectivity index (χ1) is 13.6. The van der Waals surface area contributed by atoms with Crippen molar-refractivity contribution in [1.82, 2.24) is 9.80 Å². The highest BCUT2D eigenvalue weighted by molar-refractivity contribution is 5.99. The maximum absolute atomic E-state index is 12.8. The summed E-state index contributed by atoms with van der Waals surface area (Å²) in [5, 5.41) is 0. The summed E-state index contributed by atoms with van der Waals surface area (Å²) in [6.07, 6.45) is -0.0546. The van der Waals surface area contributed by atoms with Crippen molar-refractivity contribution in [1.29, 1.82) is 0 Å². The minimum absolute atomic E-state index is 0.111. The molecule has 2 aliphatic heterocycles. The monoisotopic (exact) mass is 380 g/mol. The van der Waals surface area contributed by atoms with E-state index in [1.807, 2.05) is 36.4 Å². The number of carbonyl (C=O) groups excluding carboxylic acids is 3. The summed E-state index contributed by atoms with van der Waals surface area (Å²) in [5.74, 6) is 0.322.